The molecule has 0 aliphatic carbocycles. The van der Waals surface area contributed by atoms with E-state index in [0.29, 0.717) is 6.04 Å². The second-order valence-electron chi connectivity index (χ2n) is 3.95. The second kappa shape index (κ2) is 6.34. The molecule has 1 heterocycles. The van der Waals surface area contributed by atoms with Crippen LogP contribution in [0.15, 0.2) is 6.20 Å². The van der Waals surface area contributed by atoms with E-state index in [1.807, 2.05) is 24.9 Å². The highest BCUT2D eigenvalue weighted by Gasteiger charge is 2.14. The van der Waals surface area contributed by atoms with Gasteiger partial charge in [0.25, 0.3) is 0 Å². The van der Waals surface area contributed by atoms with Crippen LogP contribution < -0.4 is 5.32 Å². The maximum absolute atomic E-state index is 4.28. The zero-order valence-electron chi connectivity index (χ0n) is 10.7. The van der Waals surface area contributed by atoms with Gasteiger partial charge in [0, 0.05) is 30.8 Å². The molecule has 0 fully saturated rings. The molecule has 0 aromatic carbocycles. The van der Waals surface area contributed by atoms with Crippen molar-refractivity contribution in [2.24, 2.45) is 7.05 Å². The lowest BCUT2D eigenvalue weighted by atomic mass is 10.0. The maximum Gasteiger partial charge on any atom is 0.0540 e. The molecule has 0 aliphatic heterocycles. The largest absolute Gasteiger partial charge is 0.309 e. The van der Waals surface area contributed by atoms with Gasteiger partial charge in [0.2, 0.25) is 0 Å². The minimum atomic E-state index is 0.307. The Kier molecular flexibility index (Phi) is 5.07. The standard InChI is InChI=1S/C13H21N3/c1-5-7-8-13(14-9-6-2)12-10-15-16(4)11(12)3/h10,13-14H,6,8-9H2,1-4H3. The average Bonchev–Trinajstić information content (AvgIpc) is 2.61. The molecule has 16 heavy (non-hydrogen) atoms. The smallest absolute Gasteiger partial charge is 0.0540 e. The van der Waals surface area contributed by atoms with Gasteiger partial charge in [-0.1, -0.05) is 6.92 Å². The van der Waals surface area contributed by atoms with Crippen LogP contribution in [0.1, 0.15) is 44.0 Å². The van der Waals surface area contributed by atoms with Crippen LogP contribution in [0.4, 0.5) is 0 Å². The molecular weight excluding hydrogens is 198 g/mol. The van der Waals surface area contributed by atoms with Gasteiger partial charge >= 0.3 is 0 Å². The predicted molar refractivity (Wildman–Crippen MR) is 67.0 cm³/mol. The van der Waals surface area contributed by atoms with Crippen molar-refractivity contribution in [2.45, 2.75) is 39.7 Å². The van der Waals surface area contributed by atoms with Crippen LogP contribution in [0.25, 0.3) is 0 Å². The molecule has 3 nitrogen and oxygen atoms in total. The summed E-state index contributed by atoms with van der Waals surface area (Å²) in [4.78, 5) is 0. The molecule has 88 valence electrons. The van der Waals surface area contributed by atoms with Crippen LogP contribution in [0, 0.1) is 18.8 Å². The van der Waals surface area contributed by atoms with Gasteiger partial charge in [-0.05, 0) is 26.8 Å². The van der Waals surface area contributed by atoms with Gasteiger partial charge in [-0.3, -0.25) is 4.68 Å². The van der Waals surface area contributed by atoms with E-state index in [9.17, 15) is 0 Å². The number of hydrogen-bond donors (Lipinski definition) is 1. The highest BCUT2D eigenvalue weighted by Crippen LogP contribution is 2.19. The summed E-state index contributed by atoms with van der Waals surface area (Å²) in [5.41, 5.74) is 2.48. The highest BCUT2D eigenvalue weighted by atomic mass is 15.3. The average molecular weight is 219 g/mol. The first-order valence-corrected chi connectivity index (χ1v) is 5.82. The van der Waals surface area contributed by atoms with E-state index in [1.165, 1.54) is 11.3 Å². The summed E-state index contributed by atoms with van der Waals surface area (Å²) in [5.74, 6) is 6.10. The maximum atomic E-state index is 4.28. The molecule has 1 aromatic rings. The lowest BCUT2D eigenvalue weighted by molar-refractivity contribution is 0.539. The quantitative estimate of drug-likeness (QED) is 0.769. The first-order valence-electron chi connectivity index (χ1n) is 5.82. The van der Waals surface area contributed by atoms with Crippen LogP contribution in [-0.4, -0.2) is 16.3 Å². The van der Waals surface area contributed by atoms with Crippen molar-refractivity contribution in [3.63, 3.8) is 0 Å². The van der Waals surface area contributed by atoms with Crippen LogP contribution >= 0.6 is 0 Å². The highest BCUT2D eigenvalue weighted by molar-refractivity contribution is 5.22. The number of rotatable bonds is 5. The first kappa shape index (κ1) is 12.8. The van der Waals surface area contributed by atoms with Gasteiger partial charge in [0.15, 0.2) is 0 Å². The van der Waals surface area contributed by atoms with Gasteiger partial charge < -0.3 is 5.32 Å². The summed E-state index contributed by atoms with van der Waals surface area (Å²) < 4.78 is 1.91. The van der Waals surface area contributed by atoms with E-state index in [4.69, 9.17) is 0 Å². The Bertz CT molecular complexity index is 382. The number of nitrogens with zero attached hydrogens (tertiary/aromatic N) is 2. The summed E-state index contributed by atoms with van der Waals surface area (Å²) in [6, 6.07) is 0.307. The molecule has 0 amide bonds. The molecule has 0 saturated carbocycles. The van der Waals surface area contributed by atoms with Crippen molar-refractivity contribution in [1.82, 2.24) is 15.1 Å². The lowest BCUT2D eigenvalue weighted by Gasteiger charge is -2.15. The molecule has 1 unspecified atom stereocenters. The van der Waals surface area contributed by atoms with Gasteiger partial charge in [0.05, 0.1) is 6.20 Å². The third-order valence-corrected chi connectivity index (χ3v) is 2.77. The number of nitrogens with one attached hydrogen (secondary N) is 1. The summed E-state index contributed by atoms with van der Waals surface area (Å²) >= 11 is 0. The Morgan fingerprint density at radius 1 is 1.56 bits per heavy atom. The Labute approximate surface area is 98.2 Å². The number of hydrogen-bond acceptors (Lipinski definition) is 2. The summed E-state index contributed by atoms with van der Waals surface area (Å²) in [5, 5.41) is 7.80. The zero-order chi connectivity index (χ0) is 12.0. The van der Waals surface area contributed by atoms with E-state index >= 15 is 0 Å². The summed E-state index contributed by atoms with van der Waals surface area (Å²) in [6.45, 7) is 7.17. The minimum absolute atomic E-state index is 0.307. The van der Waals surface area contributed by atoms with Crippen LogP contribution in [0.2, 0.25) is 0 Å². The van der Waals surface area contributed by atoms with E-state index < -0.39 is 0 Å². The van der Waals surface area contributed by atoms with Crippen LogP contribution in [0.3, 0.4) is 0 Å². The molecule has 1 rings (SSSR count). The first-order chi connectivity index (χ1) is 7.70. The normalized spacial score (nSPS) is 12.0. The number of aromatic nitrogens is 2. The van der Waals surface area contributed by atoms with Crippen molar-refractivity contribution in [2.75, 3.05) is 6.54 Å². The van der Waals surface area contributed by atoms with Crippen molar-refractivity contribution < 1.29 is 0 Å². The minimum Gasteiger partial charge on any atom is -0.309 e. The van der Waals surface area contributed by atoms with E-state index in [-0.39, 0.29) is 0 Å². The van der Waals surface area contributed by atoms with E-state index in [0.717, 1.165) is 19.4 Å². The van der Waals surface area contributed by atoms with Crippen molar-refractivity contribution in [3.8, 4) is 11.8 Å². The Balaban J connectivity index is 2.81. The fraction of sp³-hybridized carbons (Fsp3) is 0.615. The predicted octanol–water partition coefficient (Wildman–Crippen LogP) is 2.18. The summed E-state index contributed by atoms with van der Waals surface area (Å²) in [6.07, 6.45) is 3.93. The third kappa shape index (κ3) is 3.11. The number of aryl methyl sites for hydroxylation is 1. The van der Waals surface area contributed by atoms with E-state index in [1.54, 1.807) is 0 Å². The molecule has 0 saturated heterocycles. The summed E-state index contributed by atoms with van der Waals surface area (Å²) in [7, 11) is 1.97. The third-order valence-electron chi connectivity index (χ3n) is 2.77. The van der Waals surface area contributed by atoms with Gasteiger partial charge in [0.1, 0.15) is 0 Å². The molecule has 0 aliphatic rings. The Morgan fingerprint density at radius 2 is 2.31 bits per heavy atom. The lowest BCUT2D eigenvalue weighted by Crippen LogP contribution is -2.22. The second-order valence-corrected chi connectivity index (χ2v) is 3.95. The van der Waals surface area contributed by atoms with Crippen molar-refractivity contribution in [3.05, 3.63) is 17.5 Å². The SMILES string of the molecule is CC#CCC(NCCC)c1cnn(C)c1C. The molecule has 0 bridgehead atoms. The Hall–Kier alpha value is -1.27. The van der Waals surface area contributed by atoms with Crippen molar-refractivity contribution in [1.29, 1.82) is 0 Å². The Morgan fingerprint density at radius 3 is 2.81 bits per heavy atom. The van der Waals surface area contributed by atoms with Gasteiger partial charge in [-0.2, -0.15) is 5.10 Å². The van der Waals surface area contributed by atoms with Crippen LogP contribution in [-0.2, 0) is 7.05 Å². The van der Waals surface area contributed by atoms with Gasteiger partial charge in [-0.25, -0.2) is 0 Å². The molecular formula is C13H21N3. The fourth-order valence-corrected chi connectivity index (χ4v) is 1.67. The molecule has 0 radical (unpaired) electrons. The van der Waals surface area contributed by atoms with Crippen molar-refractivity contribution >= 4 is 0 Å². The van der Waals surface area contributed by atoms with Gasteiger partial charge in [-0.15, -0.1) is 11.8 Å². The molecule has 3 heteroatoms. The monoisotopic (exact) mass is 219 g/mol. The topological polar surface area (TPSA) is 29.9 Å². The molecule has 1 N–H and O–H groups in total. The van der Waals surface area contributed by atoms with E-state index in [2.05, 4.69) is 36.1 Å². The molecule has 0 spiro atoms. The fourth-order valence-electron chi connectivity index (χ4n) is 1.67. The molecule has 1 atom stereocenters. The zero-order valence-corrected chi connectivity index (χ0v) is 10.7. The van der Waals surface area contributed by atoms with Crippen LogP contribution in [0.5, 0.6) is 0 Å². The molecule has 1 aromatic heterocycles.